The molecule has 6 heteroatoms. The highest BCUT2D eigenvalue weighted by Crippen LogP contribution is 2.21. The summed E-state index contributed by atoms with van der Waals surface area (Å²) in [5.41, 5.74) is 7.26. The molecular formula is C12H17F3N2O. The summed E-state index contributed by atoms with van der Waals surface area (Å²) >= 11 is 0. The zero-order valence-electron chi connectivity index (χ0n) is 10.4. The molecule has 0 bridgehead atoms. The predicted octanol–water partition coefficient (Wildman–Crippen LogP) is 2.80. The van der Waals surface area contributed by atoms with Crippen LogP contribution in [0.5, 0.6) is 0 Å². The van der Waals surface area contributed by atoms with Gasteiger partial charge >= 0.3 is 6.36 Å². The Labute approximate surface area is 104 Å². The molecule has 1 rings (SSSR count). The summed E-state index contributed by atoms with van der Waals surface area (Å²) in [5.74, 6) is 0. The lowest BCUT2D eigenvalue weighted by atomic mass is 10.1. The van der Waals surface area contributed by atoms with E-state index in [2.05, 4.69) is 4.74 Å². The summed E-state index contributed by atoms with van der Waals surface area (Å²) in [4.78, 5) is 1.78. The Morgan fingerprint density at radius 2 is 2.06 bits per heavy atom. The zero-order chi connectivity index (χ0) is 13.8. The summed E-state index contributed by atoms with van der Waals surface area (Å²) in [5, 5.41) is 0. The molecule has 0 spiro atoms. The number of rotatable bonds is 5. The number of alkyl halides is 3. The van der Waals surface area contributed by atoms with E-state index in [0.29, 0.717) is 5.69 Å². The molecule has 1 aromatic carbocycles. The highest BCUT2D eigenvalue weighted by atomic mass is 19.4. The van der Waals surface area contributed by atoms with Crippen LogP contribution in [-0.4, -0.2) is 31.5 Å². The predicted molar refractivity (Wildman–Crippen MR) is 63.9 cm³/mol. The second kappa shape index (κ2) is 6.06. The lowest BCUT2D eigenvalue weighted by Gasteiger charge is -2.25. The molecule has 0 aromatic heterocycles. The Kier molecular flexibility index (Phi) is 4.98. The molecule has 0 aliphatic heterocycles. The first-order valence-corrected chi connectivity index (χ1v) is 5.56. The summed E-state index contributed by atoms with van der Waals surface area (Å²) in [7, 11) is 1.74. The van der Waals surface area contributed by atoms with Gasteiger partial charge in [0.2, 0.25) is 0 Å². The second-order valence-corrected chi connectivity index (χ2v) is 4.12. The van der Waals surface area contributed by atoms with Crippen LogP contribution in [0.3, 0.4) is 0 Å². The van der Waals surface area contributed by atoms with Gasteiger partial charge in [0.1, 0.15) is 0 Å². The maximum Gasteiger partial charge on any atom is 0.522 e. The smallest absolute Gasteiger partial charge is 0.399 e. The summed E-state index contributed by atoms with van der Waals surface area (Å²) in [6.07, 6.45) is -4.57. The van der Waals surface area contributed by atoms with Crippen molar-refractivity contribution in [3.63, 3.8) is 0 Å². The molecule has 18 heavy (non-hydrogen) atoms. The van der Waals surface area contributed by atoms with Crippen molar-refractivity contribution in [1.82, 2.24) is 4.90 Å². The first-order valence-electron chi connectivity index (χ1n) is 5.56. The maximum atomic E-state index is 11.8. The fourth-order valence-corrected chi connectivity index (χ4v) is 1.57. The zero-order valence-corrected chi connectivity index (χ0v) is 10.4. The Morgan fingerprint density at radius 1 is 1.39 bits per heavy atom. The highest BCUT2D eigenvalue weighted by molar-refractivity contribution is 5.41. The minimum Gasteiger partial charge on any atom is -0.399 e. The van der Waals surface area contributed by atoms with Crippen LogP contribution >= 0.6 is 0 Å². The molecule has 0 aliphatic carbocycles. The fraction of sp³-hybridized carbons (Fsp3) is 0.500. The number of ether oxygens (including phenoxy) is 1. The Balaban J connectivity index is 2.49. The number of nitrogens with two attached hydrogens (primary N) is 1. The van der Waals surface area contributed by atoms with Crippen molar-refractivity contribution in [3.05, 3.63) is 29.8 Å². The third-order valence-electron chi connectivity index (χ3n) is 2.76. The van der Waals surface area contributed by atoms with Gasteiger partial charge in [-0.3, -0.25) is 9.64 Å². The summed E-state index contributed by atoms with van der Waals surface area (Å²) in [6, 6.07) is 7.27. The number of nitrogen functional groups attached to an aromatic ring is 1. The standard InChI is InChI=1S/C12H17F3N2O/c1-9(10-4-3-5-11(16)8-10)17(2)6-7-18-12(13,14)15/h3-5,8-9H,6-7,16H2,1-2H3. The molecule has 0 amide bonds. The van der Waals surface area contributed by atoms with Crippen LogP contribution in [0.1, 0.15) is 18.5 Å². The van der Waals surface area contributed by atoms with E-state index in [9.17, 15) is 13.2 Å². The molecule has 0 heterocycles. The van der Waals surface area contributed by atoms with Gasteiger partial charge in [0, 0.05) is 18.3 Å². The van der Waals surface area contributed by atoms with Crippen molar-refractivity contribution in [1.29, 1.82) is 0 Å². The fourth-order valence-electron chi connectivity index (χ4n) is 1.57. The average Bonchev–Trinajstić information content (AvgIpc) is 2.26. The number of likely N-dealkylation sites (N-methyl/N-ethyl adjacent to an activating group) is 1. The normalized spacial score (nSPS) is 13.9. The second-order valence-electron chi connectivity index (χ2n) is 4.12. The van der Waals surface area contributed by atoms with Gasteiger partial charge in [-0.2, -0.15) is 0 Å². The van der Waals surface area contributed by atoms with Crippen LogP contribution in [0.15, 0.2) is 24.3 Å². The quantitative estimate of drug-likeness (QED) is 0.829. The minimum atomic E-state index is -4.57. The number of hydrogen-bond acceptors (Lipinski definition) is 3. The third-order valence-corrected chi connectivity index (χ3v) is 2.76. The van der Waals surface area contributed by atoms with E-state index in [1.807, 2.05) is 25.1 Å². The van der Waals surface area contributed by atoms with Crippen molar-refractivity contribution in [2.45, 2.75) is 19.3 Å². The first-order chi connectivity index (χ1) is 8.29. The van der Waals surface area contributed by atoms with Crippen molar-refractivity contribution in [2.24, 2.45) is 0 Å². The van der Waals surface area contributed by atoms with Crippen LogP contribution in [0.2, 0.25) is 0 Å². The minimum absolute atomic E-state index is 0.0228. The average molecular weight is 262 g/mol. The Morgan fingerprint density at radius 3 is 2.61 bits per heavy atom. The van der Waals surface area contributed by atoms with Gasteiger partial charge in [-0.05, 0) is 31.7 Å². The molecule has 1 atom stereocenters. The number of halogens is 3. The first kappa shape index (κ1) is 14.8. The monoisotopic (exact) mass is 262 g/mol. The van der Waals surface area contributed by atoms with E-state index in [-0.39, 0.29) is 19.2 Å². The lowest BCUT2D eigenvalue weighted by molar-refractivity contribution is -0.325. The Bertz CT molecular complexity index is 382. The van der Waals surface area contributed by atoms with Gasteiger partial charge in [-0.1, -0.05) is 12.1 Å². The lowest BCUT2D eigenvalue weighted by Crippen LogP contribution is -2.28. The molecule has 0 saturated heterocycles. The topological polar surface area (TPSA) is 38.5 Å². The number of nitrogens with zero attached hydrogens (tertiary/aromatic N) is 1. The molecule has 3 nitrogen and oxygen atoms in total. The van der Waals surface area contributed by atoms with E-state index in [4.69, 9.17) is 5.73 Å². The van der Waals surface area contributed by atoms with Crippen LogP contribution in [0.4, 0.5) is 18.9 Å². The van der Waals surface area contributed by atoms with Gasteiger partial charge in [0.25, 0.3) is 0 Å². The van der Waals surface area contributed by atoms with Crippen LogP contribution < -0.4 is 5.73 Å². The van der Waals surface area contributed by atoms with Gasteiger partial charge in [0.05, 0.1) is 6.61 Å². The molecule has 1 unspecified atom stereocenters. The van der Waals surface area contributed by atoms with Gasteiger partial charge < -0.3 is 5.73 Å². The molecule has 1 aromatic rings. The number of hydrogen-bond donors (Lipinski definition) is 1. The van der Waals surface area contributed by atoms with E-state index in [0.717, 1.165) is 5.56 Å². The SMILES string of the molecule is CC(c1cccc(N)c1)N(C)CCOC(F)(F)F. The third kappa shape index (κ3) is 4.93. The molecule has 102 valence electrons. The number of benzene rings is 1. The van der Waals surface area contributed by atoms with Crippen LogP contribution in [-0.2, 0) is 4.74 Å². The molecule has 0 fully saturated rings. The van der Waals surface area contributed by atoms with E-state index in [1.54, 1.807) is 18.0 Å². The molecule has 0 aliphatic rings. The molecule has 0 radical (unpaired) electrons. The Hall–Kier alpha value is -1.27. The highest BCUT2D eigenvalue weighted by Gasteiger charge is 2.29. The molecule has 2 N–H and O–H groups in total. The maximum absolute atomic E-state index is 11.8. The van der Waals surface area contributed by atoms with Crippen molar-refractivity contribution in [2.75, 3.05) is 25.9 Å². The van der Waals surface area contributed by atoms with E-state index >= 15 is 0 Å². The van der Waals surface area contributed by atoms with Crippen LogP contribution in [0, 0.1) is 0 Å². The van der Waals surface area contributed by atoms with E-state index in [1.165, 1.54) is 0 Å². The summed E-state index contributed by atoms with van der Waals surface area (Å²) < 4.78 is 39.2. The van der Waals surface area contributed by atoms with Crippen molar-refractivity contribution in [3.8, 4) is 0 Å². The van der Waals surface area contributed by atoms with Gasteiger partial charge in [0.15, 0.2) is 0 Å². The number of anilines is 1. The van der Waals surface area contributed by atoms with Gasteiger partial charge in [-0.25, -0.2) is 0 Å². The van der Waals surface area contributed by atoms with Gasteiger partial charge in [-0.15, -0.1) is 13.2 Å². The van der Waals surface area contributed by atoms with Crippen molar-refractivity contribution < 1.29 is 17.9 Å². The summed E-state index contributed by atoms with van der Waals surface area (Å²) in [6.45, 7) is 1.71. The largest absolute Gasteiger partial charge is 0.522 e. The van der Waals surface area contributed by atoms with E-state index < -0.39 is 6.36 Å². The van der Waals surface area contributed by atoms with Crippen LogP contribution in [0.25, 0.3) is 0 Å². The molecule has 0 saturated carbocycles. The van der Waals surface area contributed by atoms with Crippen molar-refractivity contribution >= 4 is 5.69 Å². The molecular weight excluding hydrogens is 245 g/mol.